The van der Waals surface area contributed by atoms with Gasteiger partial charge in [-0.1, -0.05) is 0 Å². The van der Waals surface area contributed by atoms with Crippen molar-refractivity contribution in [3.63, 3.8) is 0 Å². The van der Waals surface area contributed by atoms with Crippen molar-refractivity contribution in [2.45, 2.75) is 39.6 Å². The molecule has 98 valence electrons. The van der Waals surface area contributed by atoms with Crippen molar-refractivity contribution in [1.29, 1.82) is 0 Å². The zero-order valence-electron chi connectivity index (χ0n) is 10.7. The molecule has 0 N–H and O–H groups in total. The molecule has 4 nitrogen and oxygen atoms in total. The molecule has 0 radical (unpaired) electrons. The van der Waals surface area contributed by atoms with Gasteiger partial charge in [0.15, 0.2) is 5.75 Å². The summed E-state index contributed by atoms with van der Waals surface area (Å²) in [5.41, 5.74) is 0.331. The molecule has 1 aromatic rings. The monoisotopic (exact) mass is 314 g/mol. The molecule has 2 rings (SSSR count). The Hall–Kier alpha value is -1.23. The molecule has 0 saturated heterocycles. The number of carbonyl (C=O) groups excluding carboxylic acids is 1. The van der Waals surface area contributed by atoms with Gasteiger partial charge in [0.25, 0.3) is 0 Å². The Morgan fingerprint density at radius 1 is 1.28 bits per heavy atom. The summed E-state index contributed by atoms with van der Waals surface area (Å²) >= 11 is 3.37. The summed E-state index contributed by atoms with van der Waals surface area (Å²) in [6.07, 6.45) is -0.0296. The third kappa shape index (κ3) is 2.46. The van der Waals surface area contributed by atoms with E-state index < -0.39 is 11.8 Å². The highest BCUT2D eigenvalue weighted by atomic mass is 79.9. The number of carbonyl (C=O) groups is 1. The van der Waals surface area contributed by atoms with E-state index in [4.69, 9.17) is 14.2 Å². The largest absolute Gasteiger partial charge is 0.490 e. The van der Waals surface area contributed by atoms with Crippen LogP contribution < -0.4 is 9.47 Å². The maximum atomic E-state index is 12.1. The summed E-state index contributed by atoms with van der Waals surface area (Å²) in [7, 11) is 0. The Labute approximate surface area is 114 Å². The van der Waals surface area contributed by atoms with Crippen LogP contribution in [0.1, 0.15) is 38.1 Å². The van der Waals surface area contributed by atoms with Crippen LogP contribution in [0.5, 0.6) is 11.5 Å². The average molecular weight is 315 g/mol. The number of fused-ring (bicyclic) bond motifs is 1. The molecule has 5 heteroatoms. The van der Waals surface area contributed by atoms with E-state index in [1.54, 1.807) is 26.0 Å². The SMILES string of the molecule is CC(C)Oc1ccc(Br)c2c1C(=O)OC(C)(C)O2. The van der Waals surface area contributed by atoms with Crippen molar-refractivity contribution >= 4 is 21.9 Å². The van der Waals surface area contributed by atoms with Crippen molar-refractivity contribution in [1.82, 2.24) is 0 Å². The van der Waals surface area contributed by atoms with Crippen molar-refractivity contribution in [3.05, 3.63) is 22.2 Å². The quantitative estimate of drug-likeness (QED) is 0.783. The minimum atomic E-state index is -0.969. The summed E-state index contributed by atoms with van der Waals surface area (Å²) in [4.78, 5) is 12.1. The van der Waals surface area contributed by atoms with Gasteiger partial charge in [-0.3, -0.25) is 0 Å². The third-order valence-corrected chi connectivity index (χ3v) is 2.95. The fourth-order valence-corrected chi connectivity index (χ4v) is 2.14. The van der Waals surface area contributed by atoms with Gasteiger partial charge in [-0.05, 0) is 41.9 Å². The molecule has 0 aromatic heterocycles. The Kier molecular flexibility index (Phi) is 3.27. The van der Waals surface area contributed by atoms with E-state index in [-0.39, 0.29) is 6.10 Å². The van der Waals surface area contributed by atoms with Crippen molar-refractivity contribution in [2.75, 3.05) is 0 Å². The molecule has 1 aromatic carbocycles. The van der Waals surface area contributed by atoms with Gasteiger partial charge in [0, 0.05) is 13.8 Å². The third-order valence-electron chi connectivity index (χ3n) is 2.32. The summed E-state index contributed by atoms with van der Waals surface area (Å²) in [6.45, 7) is 7.17. The highest BCUT2D eigenvalue weighted by Gasteiger charge is 2.37. The number of benzene rings is 1. The lowest BCUT2D eigenvalue weighted by atomic mass is 10.1. The van der Waals surface area contributed by atoms with Crippen LogP contribution in [0, 0.1) is 0 Å². The van der Waals surface area contributed by atoms with Crippen LogP contribution in [0.15, 0.2) is 16.6 Å². The van der Waals surface area contributed by atoms with Crippen LogP contribution >= 0.6 is 15.9 Å². The van der Waals surface area contributed by atoms with Gasteiger partial charge in [0.2, 0.25) is 5.79 Å². The normalized spacial score (nSPS) is 16.9. The van der Waals surface area contributed by atoms with E-state index in [0.717, 1.165) is 0 Å². The first-order chi connectivity index (χ1) is 8.30. The molecular weight excluding hydrogens is 300 g/mol. The standard InChI is InChI=1S/C13H15BrO4/c1-7(2)16-9-6-5-8(14)11-10(9)12(15)18-13(3,4)17-11/h5-7H,1-4H3. The van der Waals surface area contributed by atoms with Crippen molar-refractivity contribution < 1.29 is 19.0 Å². The summed E-state index contributed by atoms with van der Waals surface area (Å²) in [6, 6.07) is 3.52. The lowest BCUT2D eigenvalue weighted by Gasteiger charge is -2.33. The number of cyclic esters (lactones) is 1. The van der Waals surface area contributed by atoms with Gasteiger partial charge in [-0.2, -0.15) is 0 Å². The smallest absolute Gasteiger partial charge is 0.349 e. The second kappa shape index (κ2) is 4.46. The molecule has 1 aliphatic heterocycles. The van der Waals surface area contributed by atoms with Crippen LogP contribution in [0.25, 0.3) is 0 Å². The van der Waals surface area contributed by atoms with Gasteiger partial charge in [0.1, 0.15) is 11.3 Å². The molecule has 0 spiro atoms. The first kappa shape index (κ1) is 13.2. The molecular formula is C13H15BrO4. The molecule has 18 heavy (non-hydrogen) atoms. The molecule has 0 fully saturated rings. The fourth-order valence-electron chi connectivity index (χ4n) is 1.73. The van der Waals surface area contributed by atoms with Gasteiger partial charge >= 0.3 is 5.97 Å². The van der Waals surface area contributed by atoms with Crippen LogP contribution in [0.4, 0.5) is 0 Å². The minimum absolute atomic E-state index is 0.0296. The van der Waals surface area contributed by atoms with Gasteiger partial charge in [-0.15, -0.1) is 0 Å². The number of hydrogen-bond donors (Lipinski definition) is 0. The highest BCUT2D eigenvalue weighted by Crippen LogP contribution is 2.42. The predicted molar refractivity (Wildman–Crippen MR) is 70.0 cm³/mol. The Morgan fingerprint density at radius 3 is 2.56 bits per heavy atom. The van der Waals surface area contributed by atoms with E-state index >= 15 is 0 Å². The van der Waals surface area contributed by atoms with E-state index in [9.17, 15) is 4.79 Å². The van der Waals surface area contributed by atoms with Crippen molar-refractivity contribution in [2.24, 2.45) is 0 Å². The van der Waals surface area contributed by atoms with E-state index in [2.05, 4.69) is 15.9 Å². The second-order valence-corrected chi connectivity index (χ2v) is 5.66. The predicted octanol–water partition coefficient (Wildman–Crippen LogP) is 3.52. The number of halogens is 1. The fraction of sp³-hybridized carbons (Fsp3) is 0.462. The lowest BCUT2D eigenvalue weighted by Crippen LogP contribution is -2.39. The first-order valence-electron chi connectivity index (χ1n) is 5.71. The Balaban J connectivity index is 2.54. The molecule has 0 saturated carbocycles. The van der Waals surface area contributed by atoms with Crippen LogP contribution in [-0.4, -0.2) is 17.9 Å². The zero-order valence-corrected chi connectivity index (χ0v) is 12.3. The summed E-state index contributed by atoms with van der Waals surface area (Å²) in [5.74, 6) is -0.459. The minimum Gasteiger partial charge on any atom is -0.490 e. The maximum absolute atomic E-state index is 12.1. The molecule has 0 unspecified atom stereocenters. The molecule has 0 atom stereocenters. The maximum Gasteiger partial charge on any atom is 0.349 e. The van der Waals surface area contributed by atoms with E-state index in [1.807, 2.05) is 13.8 Å². The Morgan fingerprint density at radius 2 is 1.94 bits per heavy atom. The van der Waals surface area contributed by atoms with Gasteiger partial charge < -0.3 is 14.2 Å². The van der Waals surface area contributed by atoms with Crippen LogP contribution in [0.3, 0.4) is 0 Å². The summed E-state index contributed by atoms with van der Waals surface area (Å²) < 4.78 is 17.2. The van der Waals surface area contributed by atoms with Crippen LogP contribution in [0.2, 0.25) is 0 Å². The van der Waals surface area contributed by atoms with Gasteiger partial charge in [-0.25, -0.2) is 4.79 Å². The topological polar surface area (TPSA) is 44.8 Å². The first-order valence-corrected chi connectivity index (χ1v) is 6.51. The van der Waals surface area contributed by atoms with Gasteiger partial charge in [0.05, 0.1) is 10.6 Å². The number of rotatable bonds is 2. The van der Waals surface area contributed by atoms with E-state index in [1.165, 1.54) is 0 Å². The Bertz CT molecular complexity index is 494. The van der Waals surface area contributed by atoms with Crippen molar-refractivity contribution in [3.8, 4) is 11.5 Å². The molecule has 0 aliphatic carbocycles. The lowest BCUT2D eigenvalue weighted by molar-refractivity contribution is -0.128. The van der Waals surface area contributed by atoms with E-state index in [0.29, 0.717) is 21.5 Å². The number of esters is 1. The highest BCUT2D eigenvalue weighted by molar-refractivity contribution is 9.10. The zero-order chi connectivity index (χ0) is 13.5. The molecule has 0 amide bonds. The molecule has 0 bridgehead atoms. The number of ether oxygens (including phenoxy) is 3. The second-order valence-electron chi connectivity index (χ2n) is 4.81. The van der Waals surface area contributed by atoms with Crippen LogP contribution in [-0.2, 0) is 4.74 Å². The average Bonchev–Trinajstić information content (AvgIpc) is 2.20. The number of hydrogen-bond acceptors (Lipinski definition) is 4. The molecule has 1 aliphatic rings. The summed E-state index contributed by atoms with van der Waals surface area (Å²) in [5, 5.41) is 0. The molecule has 1 heterocycles.